The Bertz CT molecular complexity index is 672. The fourth-order valence-corrected chi connectivity index (χ4v) is 2.51. The molecule has 1 aromatic rings. The topological polar surface area (TPSA) is 72.5 Å². The van der Waals surface area contributed by atoms with Gasteiger partial charge in [-0.25, -0.2) is 13.6 Å². The Morgan fingerprint density at radius 3 is 2.57 bits per heavy atom. The lowest BCUT2D eigenvalue weighted by Gasteiger charge is -2.33. The summed E-state index contributed by atoms with van der Waals surface area (Å²) in [7, 11) is 1.18. The minimum Gasteiger partial charge on any atom is -0.478 e. The van der Waals surface area contributed by atoms with Crippen molar-refractivity contribution in [1.29, 1.82) is 0 Å². The molecule has 112 valence electrons. The molecule has 2 rings (SSSR count). The van der Waals surface area contributed by atoms with E-state index in [0.717, 1.165) is 6.07 Å². The number of alkyl halides is 1. The van der Waals surface area contributed by atoms with Crippen LogP contribution in [-0.4, -0.2) is 23.2 Å². The van der Waals surface area contributed by atoms with Crippen LogP contribution in [0, 0.1) is 5.82 Å². The number of carbonyl (C=O) groups is 1. The van der Waals surface area contributed by atoms with Crippen LogP contribution in [0.1, 0.15) is 12.0 Å². The number of carboxylic acid groups (broad SMARTS) is 1. The molecule has 3 N–H and O–H groups in total. The molecule has 0 spiro atoms. The zero-order chi connectivity index (χ0) is 15.8. The zero-order valence-electron chi connectivity index (χ0n) is 11.0. The molecule has 0 heterocycles. The van der Waals surface area contributed by atoms with Crippen molar-refractivity contribution in [1.82, 2.24) is 0 Å². The number of halogens is 3. The number of hydrogen-bond donors (Lipinski definition) is 2. The Kier molecular flexibility index (Phi) is 4.02. The maximum Gasteiger partial charge on any atom is 0.333 e. The number of hydrogen-bond acceptors (Lipinski definition) is 3. The molecule has 0 radical (unpaired) electrons. The van der Waals surface area contributed by atoms with E-state index in [1.807, 2.05) is 0 Å². The molecule has 0 amide bonds. The van der Waals surface area contributed by atoms with Gasteiger partial charge in [0.2, 0.25) is 0 Å². The Morgan fingerprint density at radius 1 is 1.43 bits per heavy atom. The van der Waals surface area contributed by atoms with E-state index in [2.05, 4.69) is 0 Å². The largest absolute Gasteiger partial charge is 0.478 e. The molecule has 0 saturated heterocycles. The lowest BCUT2D eigenvalue weighted by Crippen LogP contribution is -2.34. The van der Waals surface area contributed by atoms with E-state index in [1.165, 1.54) is 25.3 Å². The van der Waals surface area contributed by atoms with Gasteiger partial charge in [-0.05, 0) is 6.07 Å². The van der Waals surface area contributed by atoms with Crippen LogP contribution >= 0.6 is 11.6 Å². The molecule has 0 aromatic heterocycles. The van der Waals surface area contributed by atoms with Gasteiger partial charge in [-0.1, -0.05) is 29.8 Å². The van der Waals surface area contributed by atoms with Crippen LogP contribution in [0.4, 0.5) is 8.78 Å². The first-order valence-corrected chi connectivity index (χ1v) is 6.31. The van der Waals surface area contributed by atoms with Gasteiger partial charge in [-0.3, -0.25) is 0 Å². The highest BCUT2D eigenvalue weighted by molar-refractivity contribution is 6.30. The Balaban J connectivity index is 2.75. The monoisotopic (exact) mass is 315 g/mol. The van der Waals surface area contributed by atoms with Crippen molar-refractivity contribution in [3.05, 3.63) is 52.7 Å². The smallest absolute Gasteiger partial charge is 0.333 e. The molecule has 1 aliphatic carbocycles. The van der Waals surface area contributed by atoms with Gasteiger partial charge in [0.1, 0.15) is 5.82 Å². The minimum absolute atomic E-state index is 0.126. The third-order valence-corrected chi connectivity index (χ3v) is 3.76. The second-order valence-corrected chi connectivity index (χ2v) is 5.09. The molecular formula is C14H12ClF2NO3. The average molecular weight is 316 g/mol. The lowest BCUT2D eigenvalue weighted by atomic mass is 9.87. The first-order valence-electron chi connectivity index (χ1n) is 5.93. The summed E-state index contributed by atoms with van der Waals surface area (Å²) in [6, 6.07) is 5.39. The summed E-state index contributed by atoms with van der Waals surface area (Å²) < 4.78 is 33.5. The predicted octanol–water partition coefficient (Wildman–Crippen LogP) is 2.79. The summed E-state index contributed by atoms with van der Waals surface area (Å²) in [5.41, 5.74) is 4.08. The molecule has 0 fully saturated rings. The quantitative estimate of drug-likeness (QED) is 0.841. The second-order valence-electron chi connectivity index (χ2n) is 4.48. The van der Waals surface area contributed by atoms with Gasteiger partial charge in [0.05, 0.1) is 11.3 Å². The number of rotatable bonds is 3. The SMILES string of the molecule is COC1(Cl)CC(C(=O)O)=C(N)C(F)=C1c1ccccc1F. The number of carboxylic acids is 1. The van der Waals surface area contributed by atoms with Gasteiger partial charge in [0.15, 0.2) is 10.9 Å². The Labute approximate surface area is 124 Å². The highest BCUT2D eigenvalue weighted by Crippen LogP contribution is 2.47. The first kappa shape index (κ1) is 15.5. The first-order chi connectivity index (χ1) is 9.81. The molecule has 1 aliphatic rings. The van der Waals surface area contributed by atoms with E-state index in [-0.39, 0.29) is 17.6 Å². The van der Waals surface area contributed by atoms with Crippen LogP contribution in [-0.2, 0) is 9.53 Å². The summed E-state index contributed by atoms with van der Waals surface area (Å²) >= 11 is 6.19. The second kappa shape index (κ2) is 5.46. The molecule has 1 unspecified atom stereocenters. The molecule has 0 saturated carbocycles. The summed E-state index contributed by atoms with van der Waals surface area (Å²) in [5.74, 6) is -3.21. The van der Waals surface area contributed by atoms with Gasteiger partial charge in [0, 0.05) is 24.7 Å². The number of ether oxygens (including phenoxy) is 1. The molecule has 0 bridgehead atoms. The average Bonchev–Trinajstić information content (AvgIpc) is 2.45. The van der Waals surface area contributed by atoms with Crippen LogP contribution in [0.15, 0.2) is 41.4 Å². The van der Waals surface area contributed by atoms with Crippen molar-refractivity contribution >= 4 is 23.1 Å². The number of methoxy groups -OCH3 is 1. The number of benzene rings is 1. The summed E-state index contributed by atoms with van der Waals surface area (Å²) in [6.45, 7) is 0. The van der Waals surface area contributed by atoms with Crippen molar-refractivity contribution in [2.75, 3.05) is 7.11 Å². The lowest BCUT2D eigenvalue weighted by molar-refractivity contribution is -0.133. The molecule has 4 nitrogen and oxygen atoms in total. The Hall–Kier alpha value is -1.92. The normalized spacial score (nSPS) is 22.7. The van der Waals surface area contributed by atoms with E-state index in [1.54, 1.807) is 0 Å². The molecule has 0 aliphatic heterocycles. The standard InChI is InChI=1S/C14H12ClF2NO3/c1-21-14(15)6-8(13(19)20)12(18)11(17)10(14)7-4-2-3-5-9(7)16/h2-5H,6,18H2,1H3,(H,19,20). The fourth-order valence-electron chi connectivity index (χ4n) is 2.19. The third kappa shape index (κ3) is 2.52. The summed E-state index contributed by atoms with van der Waals surface area (Å²) in [4.78, 5) is 11.1. The highest BCUT2D eigenvalue weighted by Gasteiger charge is 2.44. The van der Waals surface area contributed by atoms with E-state index in [9.17, 15) is 13.6 Å². The van der Waals surface area contributed by atoms with E-state index in [4.69, 9.17) is 27.2 Å². The van der Waals surface area contributed by atoms with Crippen molar-refractivity contribution in [3.8, 4) is 0 Å². The molecule has 7 heteroatoms. The maximum absolute atomic E-state index is 14.5. The van der Waals surface area contributed by atoms with E-state index in [0.29, 0.717) is 0 Å². The number of aliphatic carboxylic acids is 1. The number of nitrogens with two attached hydrogens (primary N) is 1. The Morgan fingerprint density at radius 2 is 2.05 bits per heavy atom. The van der Waals surface area contributed by atoms with E-state index < -0.39 is 33.9 Å². The summed E-state index contributed by atoms with van der Waals surface area (Å²) in [5, 5.41) is 7.21. The van der Waals surface area contributed by atoms with Crippen LogP contribution in [0.5, 0.6) is 0 Å². The minimum atomic E-state index is -1.84. The molecular weight excluding hydrogens is 304 g/mol. The maximum atomic E-state index is 14.5. The summed E-state index contributed by atoms with van der Waals surface area (Å²) in [6.07, 6.45) is -0.386. The van der Waals surface area contributed by atoms with Gasteiger partial charge >= 0.3 is 5.97 Å². The highest BCUT2D eigenvalue weighted by atomic mass is 35.5. The van der Waals surface area contributed by atoms with Gasteiger partial charge in [0.25, 0.3) is 0 Å². The van der Waals surface area contributed by atoms with Gasteiger partial charge in [-0.15, -0.1) is 0 Å². The zero-order valence-corrected chi connectivity index (χ0v) is 11.7. The van der Waals surface area contributed by atoms with Gasteiger partial charge in [-0.2, -0.15) is 0 Å². The molecule has 1 aromatic carbocycles. The third-order valence-electron chi connectivity index (χ3n) is 3.28. The van der Waals surface area contributed by atoms with Crippen LogP contribution < -0.4 is 5.73 Å². The van der Waals surface area contributed by atoms with Crippen molar-refractivity contribution in [2.24, 2.45) is 5.73 Å². The fraction of sp³-hybridized carbons (Fsp3) is 0.214. The van der Waals surface area contributed by atoms with Gasteiger partial charge < -0.3 is 15.6 Å². The molecule has 1 atom stereocenters. The van der Waals surface area contributed by atoms with Crippen molar-refractivity contribution in [2.45, 2.75) is 11.5 Å². The predicted molar refractivity (Wildman–Crippen MR) is 73.5 cm³/mol. The van der Waals surface area contributed by atoms with Crippen molar-refractivity contribution in [3.63, 3.8) is 0 Å². The van der Waals surface area contributed by atoms with Crippen LogP contribution in [0.25, 0.3) is 5.57 Å². The number of allylic oxidation sites excluding steroid dienone is 1. The van der Waals surface area contributed by atoms with Crippen LogP contribution in [0.2, 0.25) is 0 Å². The van der Waals surface area contributed by atoms with Crippen LogP contribution in [0.3, 0.4) is 0 Å². The van der Waals surface area contributed by atoms with E-state index >= 15 is 0 Å². The molecule has 21 heavy (non-hydrogen) atoms. The van der Waals surface area contributed by atoms with Crippen molar-refractivity contribution < 1.29 is 23.4 Å².